The Kier molecular flexibility index (Phi) is 4.79. The van der Waals surface area contributed by atoms with Crippen molar-refractivity contribution in [3.8, 4) is 22.8 Å². The van der Waals surface area contributed by atoms with Crippen molar-refractivity contribution in [2.24, 2.45) is 0 Å². The van der Waals surface area contributed by atoms with Crippen LogP contribution in [-0.2, 0) is 11.3 Å². The minimum Gasteiger partial charge on any atom is -0.437 e. The van der Waals surface area contributed by atoms with Crippen LogP contribution in [0.4, 0.5) is 0 Å². The number of aromatic nitrogens is 3. The number of pyridine rings is 1. The smallest absolute Gasteiger partial charge is 0.232 e. The molecular formula is C19H14ClN3O2S. The first kappa shape index (κ1) is 16.9. The van der Waals surface area contributed by atoms with Crippen LogP contribution in [-0.4, -0.2) is 22.1 Å². The van der Waals surface area contributed by atoms with Gasteiger partial charge in [-0.2, -0.15) is 4.98 Å². The van der Waals surface area contributed by atoms with Gasteiger partial charge in [0.15, 0.2) is 5.82 Å². The van der Waals surface area contributed by atoms with Crippen molar-refractivity contribution in [2.45, 2.75) is 6.61 Å². The van der Waals surface area contributed by atoms with Crippen molar-refractivity contribution < 1.29 is 9.47 Å². The molecule has 0 spiro atoms. The molecule has 0 amide bonds. The molecule has 4 rings (SSSR count). The predicted octanol–water partition coefficient (Wildman–Crippen LogP) is 5.35. The number of benzene rings is 1. The van der Waals surface area contributed by atoms with Gasteiger partial charge in [0.2, 0.25) is 5.88 Å². The number of ether oxygens (including phenoxy) is 2. The fraction of sp³-hybridized carbons (Fsp3) is 0.105. The molecule has 0 unspecified atom stereocenters. The lowest BCUT2D eigenvalue weighted by Gasteiger charge is -2.09. The summed E-state index contributed by atoms with van der Waals surface area (Å²) >= 11 is 7.41. The molecule has 0 N–H and O–H groups in total. The number of fused-ring (bicyclic) bond motifs is 1. The van der Waals surface area contributed by atoms with Crippen molar-refractivity contribution in [1.29, 1.82) is 0 Å². The molecule has 7 heteroatoms. The van der Waals surface area contributed by atoms with E-state index < -0.39 is 0 Å². The predicted molar refractivity (Wildman–Crippen MR) is 103 cm³/mol. The third-order valence-corrected chi connectivity index (χ3v) is 4.82. The number of halogens is 1. The Labute approximate surface area is 159 Å². The molecule has 0 aliphatic rings. The van der Waals surface area contributed by atoms with Crippen molar-refractivity contribution in [3.63, 3.8) is 0 Å². The van der Waals surface area contributed by atoms with Gasteiger partial charge in [-0.05, 0) is 17.7 Å². The van der Waals surface area contributed by atoms with Gasteiger partial charge in [-0.25, -0.2) is 9.97 Å². The van der Waals surface area contributed by atoms with Gasteiger partial charge in [-0.3, -0.25) is 0 Å². The van der Waals surface area contributed by atoms with Crippen LogP contribution in [0.25, 0.3) is 21.3 Å². The van der Waals surface area contributed by atoms with Crippen LogP contribution in [0, 0.1) is 0 Å². The van der Waals surface area contributed by atoms with Crippen LogP contribution in [0.15, 0.2) is 54.0 Å². The molecule has 130 valence electrons. The average Bonchev–Trinajstić information content (AvgIpc) is 3.09. The lowest BCUT2D eigenvalue weighted by atomic mass is 10.1. The fourth-order valence-corrected chi connectivity index (χ4v) is 3.65. The Bertz CT molecular complexity index is 1040. The number of hydrogen-bond acceptors (Lipinski definition) is 6. The van der Waals surface area contributed by atoms with Crippen molar-refractivity contribution in [1.82, 2.24) is 15.0 Å². The summed E-state index contributed by atoms with van der Waals surface area (Å²) in [4.78, 5) is 14.1. The van der Waals surface area contributed by atoms with Crippen molar-refractivity contribution >= 4 is 33.2 Å². The number of hydrogen-bond donors (Lipinski definition) is 0. The van der Waals surface area contributed by atoms with Gasteiger partial charge in [0.25, 0.3) is 0 Å². The van der Waals surface area contributed by atoms with Gasteiger partial charge >= 0.3 is 0 Å². The molecule has 0 aliphatic heterocycles. The summed E-state index contributed by atoms with van der Waals surface area (Å²) in [7, 11) is 1.61. The second-order valence-corrected chi connectivity index (χ2v) is 6.74. The summed E-state index contributed by atoms with van der Waals surface area (Å²) in [5.74, 6) is 1.60. The minimum atomic E-state index is 0.309. The zero-order valence-electron chi connectivity index (χ0n) is 13.8. The minimum absolute atomic E-state index is 0.309. The highest BCUT2D eigenvalue weighted by atomic mass is 35.5. The highest BCUT2D eigenvalue weighted by Crippen LogP contribution is 2.39. The summed E-state index contributed by atoms with van der Waals surface area (Å²) < 4.78 is 11.2. The van der Waals surface area contributed by atoms with E-state index in [0.29, 0.717) is 29.2 Å². The molecule has 0 saturated heterocycles. The first-order valence-electron chi connectivity index (χ1n) is 7.86. The zero-order valence-corrected chi connectivity index (χ0v) is 15.4. The highest BCUT2D eigenvalue weighted by Gasteiger charge is 2.17. The number of nitrogens with zero attached hydrogens (tertiary/aromatic N) is 3. The fourth-order valence-electron chi connectivity index (χ4n) is 2.58. The molecule has 26 heavy (non-hydrogen) atoms. The molecule has 5 nitrogen and oxygen atoms in total. The van der Waals surface area contributed by atoms with Gasteiger partial charge in [-0.15, -0.1) is 11.3 Å². The molecule has 3 aromatic heterocycles. The molecule has 1 aromatic carbocycles. The SMILES string of the molecule is COCc1nc(Oc2ccc(Cl)nc2)c2c(-c3ccccc3)csc2n1. The van der Waals surface area contributed by atoms with Crippen molar-refractivity contribution in [2.75, 3.05) is 7.11 Å². The first-order valence-corrected chi connectivity index (χ1v) is 9.12. The van der Waals surface area contributed by atoms with Crippen LogP contribution >= 0.6 is 22.9 Å². The summed E-state index contributed by atoms with van der Waals surface area (Å²) in [6.45, 7) is 0.309. The molecule has 0 radical (unpaired) electrons. The molecule has 4 aromatic rings. The summed E-state index contributed by atoms with van der Waals surface area (Å²) in [5, 5.41) is 3.35. The highest BCUT2D eigenvalue weighted by molar-refractivity contribution is 7.17. The Morgan fingerprint density at radius 3 is 2.65 bits per heavy atom. The van der Waals surface area contributed by atoms with Crippen LogP contribution in [0.5, 0.6) is 11.6 Å². The Morgan fingerprint density at radius 2 is 1.92 bits per heavy atom. The van der Waals surface area contributed by atoms with Crippen molar-refractivity contribution in [3.05, 3.63) is 65.0 Å². The summed E-state index contributed by atoms with van der Waals surface area (Å²) in [6, 6.07) is 13.5. The Balaban J connectivity index is 1.86. The Hall–Kier alpha value is -2.54. The van der Waals surface area contributed by atoms with Gasteiger partial charge in [-0.1, -0.05) is 41.9 Å². The van der Waals surface area contributed by atoms with Crippen LogP contribution < -0.4 is 4.74 Å². The molecule has 0 saturated carbocycles. The van der Waals surface area contributed by atoms with E-state index in [1.54, 1.807) is 36.8 Å². The van der Waals surface area contributed by atoms with Gasteiger partial charge in [0, 0.05) is 18.1 Å². The lowest BCUT2D eigenvalue weighted by Crippen LogP contribution is -2.00. The van der Waals surface area contributed by atoms with E-state index in [2.05, 4.69) is 32.5 Å². The molecule has 0 fully saturated rings. The summed E-state index contributed by atoms with van der Waals surface area (Å²) in [5.41, 5.74) is 2.12. The molecule has 0 bridgehead atoms. The standard InChI is InChI=1S/C19H14ClN3O2S/c1-24-10-16-22-18(25-13-7-8-15(20)21-9-13)17-14(11-26-19(17)23-16)12-5-3-2-4-6-12/h2-9,11H,10H2,1H3. The maximum absolute atomic E-state index is 6.03. The number of rotatable bonds is 5. The van der Waals surface area contributed by atoms with Crippen LogP contribution in [0.3, 0.4) is 0 Å². The van der Waals surface area contributed by atoms with E-state index >= 15 is 0 Å². The molecule has 0 aliphatic carbocycles. The van der Waals surface area contributed by atoms with E-state index in [1.807, 2.05) is 18.2 Å². The van der Waals surface area contributed by atoms with E-state index in [0.717, 1.165) is 21.3 Å². The average molecular weight is 384 g/mol. The van der Waals surface area contributed by atoms with E-state index in [9.17, 15) is 0 Å². The third kappa shape index (κ3) is 3.39. The van der Waals surface area contributed by atoms with E-state index in [-0.39, 0.29) is 0 Å². The Morgan fingerprint density at radius 1 is 1.08 bits per heavy atom. The first-order chi connectivity index (χ1) is 12.7. The molecule has 3 heterocycles. The van der Waals surface area contributed by atoms with Gasteiger partial charge in [0.1, 0.15) is 22.3 Å². The topological polar surface area (TPSA) is 57.1 Å². The lowest BCUT2D eigenvalue weighted by molar-refractivity contribution is 0.177. The van der Waals surface area contributed by atoms with Crippen LogP contribution in [0.1, 0.15) is 5.82 Å². The quantitative estimate of drug-likeness (QED) is 0.435. The molecule has 0 atom stereocenters. The van der Waals surface area contributed by atoms with E-state index in [4.69, 9.17) is 21.1 Å². The number of thiophene rings is 1. The number of methoxy groups -OCH3 is 1. The molecular weight excluding hydrogens is 370 g/mol. The van der Waals surface area contributed by atoms with E-state index in [1.165, 1.54) is 0 Å². The summed E-state index contributed by atoms with van der Waals surface area (Å²) in [6.07, 6.45) is 1.57. The largest absolute Gasteiger partial charge is 0.437 e. The monoisotopic (exact) mass is 383 g/mol. The maximum Gasteiger partial charge on any atom is 0.232 e. The van der Waals surface area contributed by atoms with Crippen LogP contribution in [0.2, 0.25) is 5.15 Å². The van der Waals surface area contributed by atoms with Gasteiger partial charge in [0.05, 0.1) is 11.6 Å². The normalized spacial score (nSPS) is 11.0. The third-order valence-electron chi connectivity index (χ3n) is 3.72. The maximum atomic E-state index is 6.03. The zero-order chi connectivity index (χ0) is 17.9. The second-order valence-electron chi connectivity index (χ2n) is 5.49. The second kappa shape index (κ2) is 7.37. The van der Waals surface area contributed by atoms with Gasteiger partial charge < -0.3 is 9.47 Å².